The number of ether oxygens (including phenoxy) is 3. The van der Waals surface area contributed by atoms with Crippen LogP contribution in [0.1, 0.15) is 18.4 Å². The van der Waals surface area contributed by atoms with Crippen molar-refractivity contribution in [1.82, 2.24) is 14.5 Å². The second kappa shape index (κ2) is 11.3. The van der Waals surface area contributed by atoms with Crippen LogP contribution < -0.4 is 15.0 Å². The summed E-state index contributed by atoms with van der Waals surface area (Å²) in [5.74, 6) is -0.539. The highest BCUT2D eigenvalue weighted by atomic mass is 19.1. The van der Waals surface area contributed by atoms with Gasteiger partial charge in [-0.3, -0.25) is 19.0 Å². The third kappa shape index (κ3) is 5.89. The molecule has 0 unspecified atom stereocenters. The molecule has 0 bridgehead atoms. The minimum atomic E-state index is -0.569. The summed E-state index contributed by atoms with van der Waals surface area (Å²) in [6, 6.07) is 9.34. The Balaban J connectivity index is 1.50. The number of aryl methyl sites for hydroxylation is 1. The van der Waals surface area contributed by atoms with Gasteiger partial charge in [-0.1, -0.05) is 18.2 Å². The Kier molecular flexibility index (Phi) is 8.18. The van der Waals surface area contributed by atoms with Crippen molar-refractivity contribution in [1.29, 1.82) is 0 Å². The Hall–Kier alpha value is -3.95. The van der Waals surface area contributed by atoms with Crippen molar-refractivity contribution in [2.45, 2.75) is 25.9 Å². The lowest BCUT2D eigenvalue weighted by Crippen LogP contribution is -2.31. The van der Waals surface area contributed by atoms with Crippen LogP contribution in [0, 0.1) is 5.82 Å². The average Bonchev–Trinajstić information content (AvgIpc) is 2.84. The summed E-state index contributed by atoms with van der Waals surface area (Å²) in [6.07, 6.45) is 1.74. The molecule has 0 aliphatic carbocycles. The standard InChI is InChI=1S/C24H26FN3O6/c1-27(13-16-7-4-5-8-18(16)25)22(29)14-34-23(30)9-6-10-28-15-26-19-12-21(33-3)20(32-2)11-17(19)24(28)31/h4-5,7-8,11-12,15H,6,9-10,13-14H2,1-3H3. The van der Waals surface area contributed by atoms with Crippen molar-refractivity contribution >= 4 is 22.8 Å². The van der Waals surface area contributed by atoms with Gasteiger partial charge in [-0.05, 0) is 18.6 Å². The van der Waals surface area contributed by atoms with Crippen LogP contribution in [0.2, 0.25) is 0 Å². The van der Waals surface area contributed by atoms with E-state index in [1.54, 1.807) is 30.3 Å². The number of aromatic nitrogens is 2. The van der Waals surface area contributed by atoms with Gasteiger partial charge < -0.3 is 19.1 Å². The molecule has 3 aromatic rings. The molecule has 34 heavy (non-hydrogen) atoms. The van der Waals surface area contributed by atoms with E-state index >= 15 is 0 Å². The van der Waals surface area contributed by atoms with Crippen LogP contribution in [0.5, 0.6) is 11.5 Å². The van der Waals surface area contributed by atoms with Gasteiger partial charge in [-0.15, -0.1) is 0 Å². The zero-order chi connectivity index (χ0) is 24.7. The summed E-state index contributed by atoms with van der Waals surface area (Å²) in [7, 11) is 4.48. The Morgan fingerprint density at radius 2 is 1.82 bits per heavy atom. The third-order valence-corrected chi connectivity index (χ3v) is 5.26. The lowest BCUT2D eigenvalue weighted by atomic mass is 10.2. The molecule has 0 saturated heterocycles. The van der Waals surface area contributed by atoms with E-state index in [0.29, 0.717) is 34.4 Å². The van der Waals surface area contributed by atoms with Crippen LogP contribution in [0.15, 0.2) is 47.5 Å². The quantitative estimate of drug-likeness (QED) is 0.419. The van der Waals surface area contributed by atoms with Gasteiger partial charge >= 0.3 is 5.97 Å². The van der Waals surface area contributed by atoms with E-state index < -0.39 is 24.3 Å². The first kappa shape index (κ1) is 24.7. The van der Waals surface area contributed by atoms with E-state index in [2.05, 4.69) is 4.98 Å². The normalized spacial score (nSPS) is 10.7. The molecule has 1 aromatic heterocycles. The fourth-order valence-electron chi connectivity index (χ4n) is 3.33. The van der Waals surface area contributed by atoms with E-state index in [9.17, 15) is 18.8 Å². The second-order valence-corrected chi connectivity index (χ2v) is 7.57. The van der Waals surface area contributed by atoms with Gasteiger partial charge in [0, 0.05) is 38.2 Å². The number of nitrogens with zero attached hydrogens (tertiary/aromatic N) is 3. The van der Waals surface area contributed by atoms with Crippen LogP contribution in [-0.2, 0) is 27.4 Å². The molecule has 0 aliphatic rings. The zero-order valence-electron chi connectivity index (χ0n) is 19.2. The van der Waals surface area contributed by atoms with Crippen molar-refractivity contribution < 1.29 is 28.2 Å². The molecule has 9 nitrogen and oxygen atoms in total. The highest BCUT2D eigenvalue weighted by Gasteiger charge is 2.15. The Labute approximate surface area is 195 Å². The van der Waals surface area contributed by atoms with E-state index in [1.807, 2.05) is 0 Å². The Morgan fingerprint density at radius 1 is 1.12 bits per heavy atom. The van der Waals surface area contributed by atoms with Gasteiger partial charge in [0.2, 0.25) is 0 Å². The predicted molar refractivity (Wildman–Crippen MR) is 122 cm³/mol. The molecule has 0 aliphatic heterocycles. The lowest BCUT2D eigenvalue weighted by Gasteiger charge is -2.17. The first-order chi connectivity index (χ1) is 16.3. The highest BCUT2D eigenvalue weighted by Crippen LogP contribution is 2.29. The Morgan fingerprint density at radius 3 is 2.53 bits per heavy atom. The minimum Gasteiger partial charge on any atom is -0.493 e. The first-order valence-electron chi connectivity index (χ1n) is 10.6. The molecule has 0 saturated carbocycles. The third-order valence-electron chi connectivity index (χ3n) is 5.26. The summed E-state index contributed by atoms with van der Waals surface area (Å²) in [5, 5.41) is 0.367. The van der Waals surface area contributed by atoms with Gasteiger partial charge in [0.05, 0.1) is 31.4 Å². The SMILES string of the molecule is COc1cc2ncn(CCCC(=O)OCC(=O)N(C)Cc3ccccc3F)c(=O)c2cc1OC. The maximum absolute atomic E-state index is 13.7. The summed E-state index contributed by atoms with van der Waals surface area (Å²) < 4.78 is 30.6. The number of methoxy groups -OCH3 is 2. The number of fused-ring (bicyclic) bond motifs is 1. The number of likely N-dealkylation sites (N-methyl/N-ethyl adjacent to an activating group) is 1. The van der Waals surface area contributed by atoms with E-state index in [4.69, 9.17) is 14.2 Å². The van der Waals surface area contributed by atoms with E-state index in [0.717, 1.165) is 0 Å². The number of amides is 1. The summed E-state index contributed by atoms with van der Waals surface area (Å²) in [6.45, 7) is -0.132. The van der Waals surface area contributed by atoms with Crippen LogP contribution >= 0.6 is 0 Å². The molecular formula is C24H26FN3O6. The van der Waals surface area contributed by atoms with Crippen LogP contribution in [0.4, 0.5) is 4.39 Å². The highest BCUT2D eigenvalue weighted by molar-refractivity contribution is 5.82. The molecule has 0 spiro atoms. The van der Waals surface area contributed by atoms with Crippen LogP contribution in [-0.4, -0.2) is 54.2 Å². The number of rotatable bonds is 10. The molecule has 0 fully saturated rings. The fraction of sp³-hybridized carbons (Fsp3) is 0.333. The number of halogens is 1. The molecule has 1 amide bonds. The number of hydrogen-bond acceptors (Lipinski definition) is 7. The molecule has 10 heteroatoms. The number of carbonyl (C=O) groups is 2. The van der Waals surface area contributed by atoms with Crippen molar-refractivity contribution in [2.75, 3.05) is 27.9 Å². The monoisotopic (exact) mass is 471 g/mol. The summed E-state index contributed by atoms with van der Waals surface area (Å²) in [5.41, 5.74) is 0.566. The van der Waals surface area contributed by atoms with Crippen molar-refractivity contribution in [3.63, 3.8) is 0 Å². The molecule has 0 radical (unpaired) electrons. The number of hydrogen-bond donors (Lipinski definition) is 0. The molecule has 180 valence electrons. The van der Waals surface area contributed by atoms with E-state index in [-0.39, 0.29) is 25.1 Å². The van der Waals surface area contributed by atoms with Gasteiger partial charge in [0.25, 0.3) is 11.5 Å². The largest absolute Gasteiger partial charge is 0.493 e. The van der Waals surface area contributed by atoms with Gasteiger partial charge in [0.1, 0.15) is 5.82 Å². The average molecular weight is 471 g/mol. The van der Waals surface area contributed by atoms with Crippen molar-refractivity contribution in [3.8, 4) is 11.5 Å². The number of carbonyl (C=O) groups excluding carboxylic acids is 2. The zero-order valence-corrected chi connectivity index (χ0v) is 19.2. The molecule has 3 rings (SSSR count). The molecule has 0 N–H and O–H groups in total. The second-order valence-electron chi connectivity index (χ2n) is 7.57. The van der Waals surface area contributed by atoms with Crippen molar-refractivity contribution in [3.05, 3.63) is 64.5 Å². The summed E-state index contributed by atoms with van der Waals surface area (Å²) in [4.78, 5) is 42.6. The fourth-order valence-corrected chi connectivity index (χ4v) is 3.33. The van der Waals surface area contributed by atoms with Crippen molar-refractivity contribution in [2.24, 2.45) is 0 Å². The molecule has 2 aromatic carbocycles. The van der Waals surface area contributed by atoms with E-state index in [1.165, 1.54) is 43.1 Å². The molecular weight excluding hydrogens is 445 g/mol. The van der Waals surface area contributed by atoms with Gasteiger partial charge in [0.15, 0.2) is 18.1 Å². The van der Waals surface area contributed by atoms with Gasteiger partial charge in [-0.25, -0.2) is 9.37 Å². The maximum Gasteiger partial charge on any atom is 0.306 e. The summed E-state index contributed by atoms with van der Waals surface area (Å²) >= 11 is 0. The number of benzene rings is 2. The number of esters is 1. The lowest BCUT2D eigenvalue weighted by molar-refractivity contribution is -0.151. The Bertz CT molecular complexity index is 1240. The molecule has 1 heterocycles. The smallest absolute Gasteiger partial charge is 0.306 e. The maximum atomic E-state index is 13.7. The predicted octanol–water partition coefficient (Wildman–Crippen LogP) is 2.53. The molecule has 0 atom stereocenters. The topological polar surface area (TPSA) is 100.0 Å². The van der Waals surface area contributed by atoms with Crippen LogP contribution in [0.3, 0.4) is 0 Å². The van der Waals surface area contributed by atoms with Crippen LogP contribution in [0.25, 0.3) is 10.9 Å². The van der Waals surface area contributed by atoms with Gasteiger partial charge in [-0.2, -0.15) is 0 Å². The minimum absolute atomic E-state index is 0.0146. The first-order valence-corrected chi connectivity index (χ1v) is 10.6.